The van der Waals surface area contributed by atoms with Crippen molar-refractivity contribution < 1.29 is 4.79 Å². The van der Waals surface area contributed by atoms with E-state index in [4.69, 9.17) is 0 Å². The molecule has 0 saturated heterocycles. The van der Waals surface area contributed by atoms with E-state index in [0.717, 1.165) is 11.4 Å². The van der Waals surface area contributed by atoms with Crippen LogP contribution in [0.4, 0.5) is 5.69 Å². The lowest BCUT2D eigenvalue weighted by atomic mass is 10.2. The largest absolute Gasteiger partial charge is 0.322 e. The molecule has 3 nitrogen and oxygen atoms in total. The first-order valence-electron chi connectivity index (χ1n) is 5.05. The molecule has 0 spiro atoms. The molecule has 0 fully saturated rings. The Morgan fingerprint density at radius 1 is 1.12 bits per heavy atom. The fourth-order valence-electron chi connectivity index (χ4n) is 1.33. The number of anilines is 1. The number of benzene rings is 1. The van der Waals surface area contributed by atoms with E-state index in [1.54, 1.807) is 12.3 Å². The molecule has 0 unspecified atom stereocenters. The van der Waals surface area contributed by atoms with Gasteiger partial charge in [-0.2, -0.15) is 0 Å². The van der Waals surface area contributed by atoms with Crippen LogP contribution in [-0.4, -0.2) is 10.9 Å². The summed E-state index contributed by atoms with van der Waals surface area (Å²) in [6.07, 6.45) is 1.58. The lowest BCUT2D eigenvalue weighted by Crippen LogP contribution is -2.11. The predicted molar refractivity (Wildman–Crippen MR) is 63.4 cm³/mol. The van der Waals surface area contributed by atoms with E-state index >= 15 is 0 Å². The van der Waals surface area contributed by atoms with Crippen LogP contribution in [0.15, 0.2) is 48.7 Å². The molecule has 0 aliphatic heterocycles. The Morgan fingerprint density at radius 2 is 1.88 bits per heavy atom. The number of carbonyl (C=O) groups is 1. The summed E-state index contributed by atoms with van der Waals surface area (Å²) in [5.41, 5.74) is 2.25. The molecule has 1 aromatic carbocycles. The maximum absolute atomic E-state index is 11.8. The van der Waals surface area contributed by atoms with Crippen molar-refractivity contribution in [3.05, 3.63) is 59.9 Å². The second-order valence-corrected chi connectivity index (χ2v) is 3.51. The van der Waals surface area contributed by atoms with Crippen LogP contribution in [0.25, 0.3) is 0 Å². The van der Waals surface area contributed by atoms with Gasteiger partial charge < -0.3 is 5.32 Å². The number of amides is 1. The Bertz CT molecular complexity index is 477. The van der Waals surface area contributed by atoms with E-state index in [-0.39, 0.29) is 5.91 Å². The third kappa shape index (κ3) is 2.45. The highest BCUT2D eigenvalue weighted by atomic mass is 16.1. The Morgan fingerprint density at radius 3 is 2.50 bits per heavy atom. The fourth-order valence-corrected chi connectivity index (χ4v) is 1.33. The normalized spacial score (nSPS) is 9.81. The molecule has 1 N–H and O–H groups in total. The SMILES string of the molecule is Cc1ccc(C(=O)Nc2ccccc2)cn1. The lowest BCUT2D eigenvalue weighted by Gasteiger charge is -2.04. The molecule has 0 saturated carbocycles. The van der Waals surface area contributed by atoms with Crippen molar-refractivity contribution in [3.8, 4) is 0 Å². The molecule has 3 heteroatoms. The average molecular weight is 212 g/mol. The van der Waals surface area contributed by atoms with Crippen LogP contribution in [0, 0.1) is 6.92 Å². The molecule has 16 heavy (non-hydrogen) atoms. The number of nitrogens with zero attached hydrogens (tertiary/aromatic N) is 1. The molecule has 0 bridgehead atoms. The number of hydrogen-bond acceptors (Lipinski definition) is 2. The zero-order chi connectivity index (χ0) is 11.4. The van der Waals surface area contributed by atoms with Gasteiger partial charge in [-0.15, -0.1) is 0 Å². The van der Waals surface area contributed by atoms with Crippen LogP contribution in [0.5, 0.6) is 0 Å². The number of rotatable bonds is 2. The number of hydrogen-bond donors (Lipinski definition) is 1. The number of aryl methyl sites for hydroxylation is 1. The number of aromatic nitrogens is 1. The number of pyridine rings is 1. The molecular weight excluding hydrogens is 200 g/mol. The standard InChI is InChI=1S/C13H12N2O/c1-10-7-8-11(9-14-10)13(16)15-12-5-3-2-4-6-12/h2-9H,1H3,(H,15,16). The summed E-state index contributed by atoms with van der Waals surface area (Å²) >= 11 is 0. The summed E-state index contributed by atoms with van der Waals surface area (Å²) in [6, 6.07) is 12.9. The van der Waals surface area contributed by atoms with Crippen LogP contribution < -0.4 is 5.32 Å². The zero-order valence-corrected chi connectivity index (χ0v) is 8.97. The van der Waals surface area contributed by atoms with Gasteiger partial charge in [0.05, 0.1) is 5.56 Å². The number of nitrogens with one attached hydrogen (secondary N) is 1. The van der Waals surface area contributed by atoms with Gasteiger partial charge in [0.1, 0.15) is 0 Å². The number of para-hydroxylation sites is 1. The van der Waals surface area contributed by atoms with Gasteiger partial charge in [0, 0.05) is 17.6 Å². The van der Waals surface area contributed by atoms with Gasteiger partial charge in [0.25, 0.3) is 5.91 Å². The maximum Gasteiger partial charge on any atom is 0.257 e. The van der Waals surface area contributed by atoms with Crippen LogP contribution in [0.1, 0.15) is 16.1 Å². The second kappa shape index (κ2) is 4.57. The van der Waals surface area contributed by atoms with Gasteiger partial charge in [-0.1, -0.05) is 18.2 Å². The fraction of sp³-hybridized carbons (Fsp3) is 0.0769. The van der Waals surface area contributed by atoms with Crippen LogP contribution in [0.3, 0.4) is 0 Å². The van der Waals surface area contributed by atoms with Gasteiger partial charge in [0.15, 0.2) is 0 Å². The molecule has 0 aliphatic carbocycles. The smallest absolute Gasteiger partial charge is 0.257 e. The third-order valence-electron chi connectivity index (χ3n) is 2.21. The van der Waals surface area contributed by atoms with Crippen molar-refractivity contribution in [1.82, 2.24) is 4.98 Å². The van der Waals surface area contributed by atoms with Crippen molar-refractivity contribution in [2.24, 2.45) is 0 Å². The highest BCUT2D eigenvalue weighted by molar-refractivity contribution is 6.03. The molecule has 2 aromatic rings. The van der Waals surface area contributed by atoms with Gasteiger partial charge in [-0.25, -0.2) is 0 Å². The molecule has 2 rings (SSSR count). The second-order valence-electron chi connectivity index (χ2n) is 3.51. The third-order valence-corrected chi connectivity index (χ3v) is 2.21. The molecular formula is C13H12N2O. The molecule has 0 atom stereocenters. The summed E-state index contributed by atoms with van der Waals surface area (Å²) in [5, 5.41) is 2.80. The topological polar surface area (TPSA) is 42.0 Å². The van der Waals surface area contributed by atoms with E-state index in [0.29, 0.717) is 5.56 Å². The molecule has 1 amide bonds. The molecule has 1 aromatic heterocycles. The Balaban J connectivity index is 2.12. The summed E-state index contributed by atoms with van der Waals surface area (Å²) in [6.45, 7) is 1.89. The van der Waals surface area contributed by atoms with Crippen molar-refractivity contribution in [2.75, 3.05) is 5.32 Å². The summed E-state index contributed by atoms with van der Waals surface area (Å²) in [7, 11) is 0. The first-order chi connectivity index (χ1) is 7.75. The first kappa shape index (κ1) is 10.4. The van der Waals surface area contributed by atoms with Crippen molar-refractivity contribution in [1.29, 1.82) is 0 Å². The molecule has 1 heterocycles. The summed E-state index contributed by atoms with van der Waals surface area (Å²) < 4.78 is 0. The summed E-state index contributed by atoms with van der Waals surface area (Å²) in [5.74, 6) is -0.140. The van der Waals surface area contributed by atoms with Gasteiger partial charge >= 0.3 is 0 Å². The Hall–Kier alpha value is -2.16. The highest BCUT2D eigenvalue weighted by Gasteiger charge is 2.05. The van der Waals surface area contributed by atoms with Crippen molar-refractivity contribution >= 4 is 11.6 Å². The average Bonchev–Trinajstić information content (AvgIpc) is 2.31. The monoisotopic (exact) mass is 212 g/mol. The first-order valence-corrected chi connectivity index (χ1v) is 5.05. The van der Waals surface area contributed by atoms with Gasteiger partial charge in [-0.05, 0) is 31.2 Å². The maximum atomic E-state index is 11.8. The lowest BCUT2D eigenvalue weighted by molar-refractivity contribution is 0.102. The zero-order valence-electron chi connectivity index (χ0n) is 8.97. The number of carbonyl (C=O) groups excluding carboxylic acids is 1. The van der Waals surface area contributed by atoms with Gasteiger partial charge in [0.2, 0.25) is 0 Å². The summed E-state index contributed by atoms with van der Waals surface area (Å²) in [4.78, 5) is 15.9. The molecule has 0 aliphatic rings. The Kier molecular flexibility index (Phi) is 2.96. The van der Waals surface area contributed by atoms with Gasteiger partial charge in [-0.3, -0.25) is 9.78 Å². The van der Waals surface area contributed by atoms with E-state index in [9.17, 15) is 4.79 Å². The van der Waals surface area contributed by atoms with E-state index < -0.39 is 0 Å². The van der Waals surface area contributed by atoms with Crippen LogP contribution in [0.2, 0.25) is 0 Å². The van der Waals surface area contributed by atoms with E-state index in [2.05, 4.69) is 10.3 Å². The van der Waals surface area contributed by atoms with E-state index in [1.165, 1.54) is 0 Å². The predicted octanol–water partition coefficient (Wildman–Crippen LogP) is 2.64. The minimum Gasteiger partial charge on any atom is -0.322 e. The van der Waals surface area contributed by atoms with E-state index in [1.807, 2.05) is 43.3 Å². The van der Waals surface area contributed by atoms with Crippen molar-refractivity contribution in [2.45, 2.75) is 6.92 Å². The molecule has 80 valence electrons. The highest BCUT2D eigenvalue weighted by Crippen LogP contribution is 2.08. The minimum atomic E-state index is -0.140. The van der Waals surface area contributed by atoms with Crippen LogP contribution in [-0.2, 0) is 0 Å². The van der Waals surface area contributed by atoms with Crippen molar-refractivity contribution in [3.63, 3.8) is 0 Å². The minimum absolute atomic E-state index is 0.140. The Labute approximate surface area is 94.1 Å². The molecule has 0 radical (unpaired) electrons. The van der Waals surface area contributed by atoms with Crippen LogP contribution >= 0.6 is 0 Å². The quantitative estimate of drug-likeness (QED) is 0.831.